The monoisotopic (exact) mass is 189 g/mol. The van der Waals surface area contributed by atoms with Crippen molar-refractivity contribution in [1.29, 1.82) is 0 Å². The van der Waals surface area contributed by atoms with Crippen LogP contribution in [0.3, 0.4) is 0 Å². The van der Waals surface area contributed by atoms with Gasteiger partial charge < -0.3 is 21.1 Å². The van der Waals surface area contributed by atoms with Gasteiger partial charge in [0.1, 0.15) is 0 Å². The fraction of sp³-hybridized carbons (Fsp3) is 0.714. The van der Waals surface area contributed by atoms with Gasteiger partial charge in [-0.3, -0.25) is 0 Å². The van der Waals surface area contributed by atoms with E-state index in [0.717, 1.165) is 0 Å². The van der Waals surface area contributed by atoms with Crippen LogP contribution in [0.2, 0.25) is 0 Å². The highest BCUT2D eigenvalue weighted by Gasteiger charge is 2.02. The largest absolute Gasteiger partial charge is 0.447 e. The second-order valence-corrected chi connectivity index (χ2v) is 2.67. The molecule has 0 aliphatic carbocycles. The van der Waals surface area contributed by atoms with Crippen molar-refractivity contribution in [2.45, 2.75) is 20.0 Å². The normalized spacial score (nSPS) is 9.46. The maximum Gasteiger partial charge on any atom is 0.407 e. The van der Waals surface area contributed by atoms with Gasteiger partial charge in [-0.25, -0.2) is 9.59 Å². The first-order valence-corrected chi connectivity index (χ1v) is 4.00. The van der Waals surface area contributed by atoms with E-state index >= 15 is 0 Å². The molecule has 6 nitrogen and oxygen atoms in total. The van der Waals surface area contributed by atoms with Gasteiger partial charge in [0.2, 0.25) is 0 Å². The molecular formula is C7H15N3O3. The van der Waals surface area contributed by atoms with Gasteiger partial charge in [-0.15, -0.1) is 0 Å². The van der Waals surface area contributed by atoms with Crippen LogP contribution in [0.4, 0.5) is 9.59 Å². The molecule has 0 rings (SSSR count). The van der Waals surface area contributed by atoms with Crippen molar-refractivity contribution >= 4 is 12.1 Å². The number of primary amides is 1. The van der Waals surface area contributed by atoms with E-state index in [-0.39, 0.29) is 6.10 Å². The lowest BCUT2D eigenvalue weighted by Gasteiger charge is -2.09. The molecule has 0 saturated carbocycles. The molecule has 0 aromatic rings. The van der Waals surface area contributed by atoms with E-state index in [1.165, 1.54) is 0 Å². The Labute approximate surface area is 76.8 Å². The minimum atomic E-state index is -0.612. The summed E-state index contributed by atoms with van der Waals surface area (Å²) >= 11 is 0. The Balaban J connectivity index is 3.32. The number of hydrogen-bond donors (Lipinski definition) is 3. The molecule has 3 amide bonds. The van der Waals surface area contributed by atoms with Crippen molar-refractivity contribution < 1.29 is 14.3 Å². The predicted molar refractivity (Wildman–Crippen MR) is 47.2 cm³/mol. The summed E-state index contributed by atoms with van der Waals surface area (Å²) in [5.74, 6) is 0. The van der Waals surface area contributed by atoms with Crippen molar-refractivity contribution in [2.75, 3.05) is 13.1 Å². The average molecular weight is 189 g/mol. The van der Waals surface area contributed by atoms with Crippen molar-refractivity contribution in [1.82, 2.24) is 10.6 Å². The van der Waals surface area contributed by atoms with Gasteiger partial charge in [-0.2, -0.15) is 0 Å². The van der Waals surface area contributed by atoms with Gasteiger partial charge in [0.25, 0.3) is 0 Å². The highest BCUT2D eigenvalue weighted by Crippen LogP contribution is 1.86. The molecular weight excluding hydrogens is 174 g/mol. The lowest BCUT2D eigenvalue weighted by atomic mass is 10.5. The van der Waals surface area contributed by atoms with E-state index in [1.54, 1.807) is 13.8 Å². The maximum absolute atomic E-state index is 10.8. The lowest BCUT2D eigenvalue weighted by molar-refractivity contribution is 0.116. The smallest absolute Gasteiger partial charge is 0.407 e. The molecule has 0 unspecified atom stereocenters. The minimum Gasteiger partial charge on any atom is -0.447 e. The lowest BCUT2D eigenvalue weighted by Crippen LogP contribution is -2.37. The summed E-state index contributed by atoms with van der Waals surface area (Å²) in [5, 5.41) is 4.76. The third-order valence-electron chi connectivity index (χ3n) is 1.04. The van der Waals surface area contributed by atoms with Crippen LogP contribution in [-0.4, -0.2) is 31.3 Å². The van der Waals surface area contributed by atoms with Crippen LogP contribution in [0.25, 0.3) is 0 Å². The molecule has 0 aliphatic rings. The molecule has 0 spiro atoms. The summed E-state index contributed by atoms with van der Waals surface area (Å²) in [6, 6.07) is -0.612. The molecule has 0 aromatic carbocycles. The van der Waals surface area contributed by atoms with E-state index in [4.69, 9.17) is 10.5 Å². The number of rotatable bonds is 4. The number of carbonyl (C=O) groups excluding carboxylic acids is 2. The number of nitrogens with two attached hydrogens (primary N) is 1. The molecule has 76 valence electrons. The van der Waals surface area contributed by atoms with Crippen LogP contribution in [0.15, 0.2) is 0 Å². The van der Waals surface area contributed by atoms with E-state index in [2.05, 4.69) is 10.6 Å². The van der Waals surface area contributed by atoms with Gasteiger partial charge in [0.15, 0.2) is 0 Å². The Hall–Kier alpha value is -1.46. The Morgan fingerprint density at radius 2 is 1.85 bits per heavy atom. The van der Waals surface area contributed by atoms with E-state index < -0.39 is 12.1 Å². The van der Waals surface area contributed by atoms with Crippen LogP contribution in [0.5, 0.6) is 0 Å². The molecule has 0 radical (unpaired) electrons. The van der Waals surface area contributed by atoms with Crippen LogP contribution in [0.1, 0.15) is 13.8 Å². The van der Waals surface area contributed by atoms with Gasteiger partial charge in [0.05, 0.1) is 6.10 Å². The molecule has 0 aliphatic heterocycles. The number of nitrogens with one attached hydrogen (secondary N) is 2. The molecule has 0 bridgehead atoms. The van der Waals surface area contributed by atoms with Crippen molar-refractivity contribution in [3.05, 3.63) is 0 Å². The summed E-state index contributed by atoms with van der Waals surface area (Å²) in [6.07, 6.45) is -0.648. The summed E-state index contributed by atoms with van der Waals surface area (Å²) in [4.78, 5) is 21.0. The third kappa shape index (κ3) is 8.45. The van der Waals surface area contributed by atoms with Gasteiger partial charge >= 0.3 is 12.1 Å². The number of amides is 3. The summed E-state index contributed by atoms with van der Waals surface area (Å²) in [6.45, 7) is 4.10. The summed E-state index contributed by atoms with van der Waals surface area (Å²) in [7, 11) is 0. The van der Waals surface area contributed by atoms with Crippen molar-refractivity contribution in [2.24, 2.45) is 5.73 Å². The summed E-state index contributed by atoms with van der Waals surface area (Å²) < 4.78 is 4.76. The fourth-order valence-electron chi connectivity index (χ4n) is 0.606. The SMILES string of the molecule is CC(C)OC(=O)NCCNC(N)=O. The quantitative estimate of drug-likeness (QED) is 0.534. The highest BCUT2D eigenvalue weighted by atomic mass is 16.6. The van der Waals surface area contributed by atoms with Crippen LogP contribution < -0.4 is 16.4 Å². The zero-order valence-corrected chi connectivity index (χ0v) is 7.79. The van der Waals surface area contributed by atoms with Gasteiger partial charge in [0, 0.05) is 13.1 Å². The first-order chi connectivity index (χ1) is 6.02. The number of urea groups is 1. The third-order valence-corrected chi connectivity index (χ3v) is 1.04. The number of hydrogen-bond acceptors (Lipinski definition) is 3. The zero-order chi connectivity index (χ0) is 10.3. The highest BCUT2D eigenvalue weighted by molar-refractivity contribution is 5.71. The molecule has 0 saturated heterocycles. The van der Waals surface area contributed by atoms with E-state index in [0.29, 0.717) is 13.1 Å². The predicted octanol–water partition coefficient (Wildman–Crippen LogP) is -0.211. The van der Waals surface area contributed by atoms with Crippen LogP contribution in [-0.2, 0) is 4.74 Å². The Morgan fingerprint density at radius 3 is 2.31 bits per heavy atom. The standard InChI is InChI=1S/C7H15N3O3/c1-5(2)13-7(12)10-4-3-9-6(8)11/h5H,3-4H2,1-2H3,(H,10,12)(H3,8,9,11). The zero-order valence-electron chi connectivity index (χ0n) is 7.79. The first kappa shape index (κ1) is 11.5. The van der Waals surface area contributed by atoms with Crippen LogP contribution >= 0.6 is 0 Å². The maximum atomic E-state index is 10.8. The molecule has 4 N–H and O–H groups in total. The molecule has 0 fully saturated rings. The molecule has 13 heavy (non-hydrogen) atoms. The second kappa shape index (κ2) is 6.10. The number of carbonyl (C=O) groups is 2. The fourth-order valence-corrected chi connectivity index (χ4v) is 0.606. The minimum absolute atomic E-state index is 0.149. The molecule has 0 aromatic heterocycles. The van der Waals surface area contributed by atoms with E-state index in [1.807, 2.05) is 0 Å². The molecule has 0 atom stereocenters. The Bertz CT molecular complexity index is 182. The number of alkyl carbamates (subject to hydrolysis) is 1. The average Bonchev–Trinajstić information content (AvgIpc) is 1.96. The van der Waals surface area contributed by atoms with E-state index in [9.17, 15) is 9.59 Å². The van der Waals surface area contributed by atoms with Crippen molar-refractivity contribution in [3.63, 3.8) is 0 Å². The Morgan fingerprint density at radius 1 is 1.31 bits per heavy atom. The number of ether oxygens (including phenoxy) is 1. The summed E-state index contributed by atoms with van der Waals surface area (Å²) in [5.41, 5.74) is 4.80. The van der Waals surface area contributed by atoms with Gasteiger partial charge in [-0.1, -0.05) is 0 Å². The van der Waals surface area contributed by atoms with Crippen LogP contribution in [0, 0.1) is 0 Å². The van der Waals surface area contributed by atoms with Gasteiger partial charge in [-0.05, 0) is 13.8 Å². The van der Waals surface area contributed by atoms with Crippen molar-refractivity contribution in [3.8, 4) is 0 Å². The molecule has 0 heterocycles. The topological polar surface area (TPSA) is 93.4 Å². The molecule has 6 heteroatoms. The first-order valence-electron chi connectivity index (χ1n) is 4.00. The Kier molecular flexibility index (Phi) is 5.42. The second-order valence-electron chi connectivity index (χ2n) is 2.67.